The zero-order valence-corrected chi connectivity index (χ0v) is 24.6. The molecule has 0 amide bonds. The van der Waals surface area contributed by atoms with Gasteiger partial charge in [0, 0.05) is 41.6 Å². The minimum atomic E-state index is -0.101. The van der Waals surface area contributed by atoms with E-state index in [1.807, 2.05) is 0 Å². The summed E-state index contributed by atoms with van der Waals surface area (Å²) in [4.78, 5) is 2.38. The Labute approximate surface area is 239 Å². The third-order valence-electron chi connectivity index (χ3n) is 9.13. The van der Waals surface area contributed by atoms with E-state index in [9.17, 15) is 0 Å². The Bertz CT molecular complexity index is 1790. The van der Waals surface area contributed by atoms with Gasteiger partial charge < -0.3 is 4.90 Å². The first-order valence-corrected chi connectivity index (χ1v) is 14.3. The Balaban J connectivity index is 1.33. The van der Waals surface area contributed by atoms with Gasteiger partial charge in [0.1, 0.15) is 7.05 Å². The van der Waals surface area contributed by atoms with Gasteiger partial charge in [0.05, 0.1) is 5.41 Å². The summed E-state index contributed by atoms with van der Waals surface area (Å²) in [6, 6.07) is 26.6. The van der Waals surface area contributed by atoms with Crippen molar-refractivity contribution >= 4 is 38.6 Å². The molecule has 0 saturated heterocycles. The van der Waals surface area contributed by atoms with Crippen molar-refractivity contribution in [2.45, 2.75) is 44.9 Å². The highest BCUT2D eigenvalue weighted by Gasteiger charge is 2.44. The van der Waals surface area contributed by atoms with Crippen molar-refractivity contribution in [1.82, 2.24) is 0 Å². The highest BCUT2D eigenvalue weighted by Crippen LogP contribution is 2.52. The summed E-state index contributed by atoms with van der Waals surface area (Å²) in [5.74, 6) is 0. The summed E-state index contributed by atoms with van der Waals surface area (Å²) in [5, 5.41) is 5.29. The third kappa shape index (κ3) is 3.89. The van der Waals surface area contributed by atoms with Crippen molar-refractivity contribution in [3.63, 3.8) is 0 Å². The van der Waals surface area contributed by atoms with Crippen molar-refractivity contribution < 1.29 is 4.58 Å². The normalized spacial score (nSPS) is 21.2. The summed E-state index contributed by atoms with van der Waals surface area (Å²) in [5.41, 5.74) is 7.90. The van der Waals surface area contributed by atoms with Crippen molar-refractivity contribution in [2.24, 2.45) is 0 Å². The van der Waals surface area contributed by atoms with Crippen LogP contribution in [0.3, 0.4) is 0 Å². The predicted octanol–water partition coefficient (Wildman–Crippen LogP) is 9.37. The number of allylic oxidation sites excluding steroid dienone is 8. The molecule has 0 radical (unpaired) electrons. The second-order valence-corrected chi connectivity index (χ2v) is 11.9. The van der Waals surface area contributed by atoms with Gasteiger partial charge in [-0.05, 0) is 79.4 Å². The molecule has 2 aliphatic heterocycles. The second-order valence-electron chi connectivity index (χ2n) is 11.9. The molecule has 0 aliphatic carbocycles. The Kier molecular flexibility index (Phi) is 6.38. The SMILES string of the molecule is CC=CCC1(C)C(=CC=CC=CC2=[N+](C)c3ccc4ccccc4c3C2(C)C)N(C)c2ccc3ccccc3c21. The van der Waals surface area contributed by atoms with E-state index in [-0.39, 0.29) is 10.8 Å². The van der Waals surface area contributed by atoms with Crippen molar-refractivity contribution in [3.05, 3.63) is 132 Å². The van der Waals surface area contributed by atoms with E-state index in [2.05, 4.69) is 167 Å². The van der Waals surface area contributed by atoms with Crippen LogP contribution in [0.25, 0.3) is 21.5 Å². The zero-order chi connectivity index (χ0) is 28.1. The quantitative estimate of drug-likeness (QED) is 0.143. The highest BCUT2D eigenvalue weighted by atomic mass is 15.2. The van der Waals surface area contributed by atoms with Gasteiger partial charge in [0.15, 0.2) is 5.71 Å². The standard InChI is InChI=1S/C38H39N2/c1-7-8-26-38(4)34(40(6)32-25-23-28-17-13-15-19-30(28)36(32)38)21-11-9-10-20-33-37(2,3)35-29-18-14-12-16-27(29)22-24-31(35)39(33)5/h7-25H,26H2,1-6H3/q+1. The van der Waals surface area contributed by atoms with Gasteiger partial charge >= 0.3 is 0 Å². The molecule has 4 aromatic carbocycles. The van der Waals surface area contributed by atoms with Gasteiger partial charge in [-0.25, -0.2) is 0 Å². The van der Waals surface area contributed by atoms with Gasteiger partial charge in [0.2, 0.25) is 5.69 Å². The second kappa shape index (κ2) is 9.78. The molecule has 0 bridgehead atoms. The molecule has 1 atom stereocenters. The molecule has 0 fully saturated rings. The first-order chi connectivity index (χ1) is 19.3. The molecular weight excluding hydrogens is 484 g/mol. The maximum atomic E-state index is 2.39. The van der Waals surface area contributed by atoms with Crippen molar-refractivity contribution in [1.29, 1.82) is 0 Å². The summed E-state index contributed by atoms with van der Waals surface area (Å²) < 4.78 is 2.35. The Morgan fingerprint density at radius 3 is 2.12 bits per heavy atom. The van der Waals surface area contributed by atoms with Crippen LogP contribution in [0, 0.1) is 0 Å². The Morgan fingerprint density at radius 2 is 1.43 bits per heavy atom. The number of likely N-dealkylation sites (N-methyl/N-ethyl adjacent to an activating group) is 1. The van der Waals surface area contributed by atoms with Crippen LogP contribution in [0.2, 0.25) is 0 Å². The lowest BCUT2D eigenvalue weighted by Crippen LogP contribution is -2.26. The van der Waals surface area contributed by atoms with Gasteiger partial charge in [-0.1, -0.05) is 85.0 Å². The van der Waals surface area contributed by atoms with Crippen LogP contribution >= 0.6 is 0 Å². The minimum Gasteiger partial charge on any atom is -0.347 e. The van der Waals surface area contributed by atoms with E-state index < -0.39 is 0 Å². The molecule has 0 spiro atoms. The maximum Gasteiger partial charge on any atom is 0.210 e. The summed E-state index contributed by atoms with van der Waals surface area (Å²) >= 11 is 0. The molecule has 2 aliphatic rings. The van der Waals surface area contributed by atoms with Crippen molar-refractivity contribution in [3.8, 4) is 0 Å². The van der Waals surface area contributed by atoms with E-state index in [4.69, 9.17) is 0 Å². The van der Waals surface area contributed by atoms with Crippen LogP contribution < -0.4 is 4.90 Å². The fourth-order valence-corrected chi connectivity index (χ4v) is 7.15. The number of anilines is 1. The largest absolute Gasteiger partial charge is 0.347 e. The average molecular weight is 524 g/mol. The van der Waals surface area contributed by atoms with Gasteiger partial charge in [-0.3, -0.25) is 0 Å². The molecule has 2 heterocycles. The molecule has 40 heavy (non-hydrogen) atoms. The molecule has 200 valence electrons. The fraction of sp³-hybridized carbons (Fsp3) is 0.237. The number of hydrogen-bond donors (Lipinski definition) is 0. The van der Waals surface area contributed by atoms with Gasteiger partial charge in [-0.15, -0.1) is 0 Å². The van der Waals surface area contributed by atoms with Crippen LogP contribution in [0.15, 0.2) is 121 Å². The van der Waals surface area contributed by atoms with E-state index in [0.29, 0.717) is 0 Å². The summed E-state index contributed by atoms with van der Waals surface area (Å²) in [6.07, 6.45) is 16.6. The lowest BCUT2D eigenvalue weighted by Gasteiger charge is -2.28. The van der Waals surface area contributed by atoms with Gasteiger partial charge in [0.25, 0.3) is 0 Å². The van der Waals surface area contributed by atoms with Crippen LogP contribution in [0.5, 0.6) is 0 Å². The number of benzene rings is 4. The Morgan fingerprint density at radius 1 is 0.775 bits per heavy atom. The van der Waals surface area contributed by atoms with E-state index in [1.165, 1.54) is 55.5 Å². The van der Waals surface area contributed by atoms with E-state index in [1.54, 1.807) is 0 Å². The Hall–Kier alpha value is -4.17. The topological polar surface area (TPSA) is 6.25 Å². The van der Waals surface area contributed by atoms with Crippen molar-refractivity contribution in [2.75, 3.05) is 19.0 Å². The summed E-state index contributed by atoms with van der Waals surface area (Å²) in [6.45, 7) is 9.19. The minimum absolute atomic E-state index is 0.0762. The maximum absolute atomic E-state index is 2.39. The average Bonchev–Trinajstić information content (AvgIpc) is 3.30. The smallest absolute Gasteiger partial charge is 0.210 e. The van der Waals surface area contributed by atoms with E-state index >= 15 is 0 Å². The molecule has 0 aromatic heterocycles. The molecule has 1 unspecified atom stereocenters. The number of hydrogen-bond acceptors (Lipinski definition) is 1. The third-order valence-corrected chi connectivity index (χ3v) is 9.13. The molecule has 0 N–H and O–H groups in total. The monoisotopic (exact) mass is 523 g/mol. The van der Waals surface area contributed by atoms with Crippen LogP contribution in [-0.4, -0.2) is 24.4 Å². The molecule has 6 rings (SSSR count). The van der Waals surface area contributed by atoms with Crippen LogP contribution in [0.4, 0.5) is 11.4 Å². The number of fused-ring (bicyclic) bond motifs is 6. The van der Waals surface area contributed by atoms with Crippen LogP contribution in [0.1, 0.15) is 45.2 Å². The molecule has 0 saturated carbocycles. The van der Waals surface area contributed by atoms with E-state index in [0.717, 1.165) is 6.42 Å². The lowest BCUT2D eigenvalue weighted by molar-refractivity contribution is -0.401. The molecular formula is C38H39N2+. The number of nitrogens with zero attached hydrogens (tertiary/aromatic N) is 2. The summed E-state index contributed by atoms with van der Waals surface area (Å²) in [7, 11) is 4.40. The van der Waals surface area contributed by atoms with Crippen LogP contribution in [-0.2, 0) is 10.8 Å². The molecule has 2 heteroatoms. The predicted molar refractivity (Wildman–Crippen MR) is 173 cm³/mol. The highest BCUT2D eigenvalue weighted by molar-refractivity contribution is 6.07. The lowest BCUT2D eigenvalue weighted by atomic mass is 9.76. The van der Waals surface area contributed by atoms with Gasteiger partial charge in [-0.2, -0.15) is 4.58 Å². The molecule has 2 nitrogen and oxygen atoms in total. The first kappa shape index (κ1) is 26.1. The number of rotatable bonds is 5. The molecule has 4 aromatic rings. The zero-order valence-electron chi connectivity index (χ0n) is 24.6. The first-order valence-electron chi connectivity index (χ1n) is 14.3. The fourth-order valence-electron chi connectivity index (χ4n) is 7.15.